The third-order valence-corrected chi connectivity index (χ3v) is 12.0. The molecule has 0 fully saturated rings. The Morgan fingerprint density at radius 1 is 0.614 bits per heavy atom. The van der Waals surface area contributed by atoms with Crippen LogP contribution in [0, 0.1) is 18.8 Å². The van der Waals surface area contributed by atoms with Crippen molar-refractivity contribution < 1.29 is 25.8 Å². The number of nitrogens with zero attached hydrogens (tertiary/aromatic N) is 4. The van der Waals surface area contributed by atoms with Crippen molar-refractivity contribution in [1.82, 2.24) is 9.55 Å². The Hall–Kier alpha value is -5.42. The third kappa shape index (κ3) is 6.40. The summed E-state index contributed by atoms with van der Waals surface area (Å²) >= 11 is 1.82. The van der Waals surface area contributed by atoms with Gasteiger partial charge < -0.3 is 19.1 Å². The van der Waals surface area contributed by atoms with E-state index in [0.717, 1.165) is 50.4 Å². The van der Waals surface area contributed by atoms with E-state index in [0.29, 0.717) is 11.5 Å². The van der Waals surface area contributed by atoms with Gasteiger partial charge in [-0.2, -0.15) is 12.1 Å². The van der Waals surface area contributed by atoms with E-state index in [4.69, 9.17) is 9.72 Å². The number of aromatic nitrogens is 2. The molecule has 0 atom stereocenters. The van der Waals surface area contributed by atoms with Gasteiger partial charge in [-0.3, -0.25) is 0 Å². The number of pyridine rings is 1. The topological polar surface area (TPSA) is 33.5 Å². The fraction of sp³-hybridized carbons (Fsp3) is 0.160. The van der Waals surface area contributed by atoms with Crippen molar-refractivity contribution in [3.05, 3.63) is 164 Å². The fourth-order valence-corrected chi connectivity index (χ4v) is 8.98. The molecule has 1 aliphatic heterocycles. The molecule has 57 heavy (non-hydrogen) atoms. The van der Waals surface area contributed by atoms with E-state index in [1.165, 1.54) is 31.3 Å². The van der Waals surface area contributed by atoms with Gasteiger partial charge in [0.2, 0.25) is 0 Å². The predicted octanol–water partition coefficient (Wildman–Crippen LogP) is 13.9. The summed E-state index contributed by atoms with van der Waals surface area (Å²) in [6.07, 6.45) is 1.85. The van der Waals surface area contributed by atoms with E-state index in [1.807, 2.05) is 47.9 Å². The second-order valence-corrected chi connectivity index (χ2v) is 17.7. The van der Waals surface area contributed by atoms with Crippen molar-refractivity contribution in [3.8, 4) is 17.3 Å². The zero-order valence-electron chi connectivity index (χ0n) is 32.7. The molecule has 0 bridgehead atoms. The van der Waals surface area contributed by atoms with Crippen LogP contribution in [-0.2, 0) is 31.9 Å². The first-order valence-corrected chi connectivity index (χ1v) is 19.9. The standard InChI is InChI=1S/C50H41N4OS.Pt/c1-49(2,3)32-26-33(50(4,5)6)28-35(27-32)53-31-52(41-17-8-9-18-42(41)53)34-14-13-15-36(29-34)55-37-21-22-38-39-23-24-45-47(40-16-7-10-19-44(40)56-45)48(39)54(43(38)30-37)46-20-11-12-25-51-46;/h7-28,31H,1-6H3;/q-3;. The summed E-state index contributed by atoms with van der Waals surface area (Å²) in [7, 11) is 0. The number of hydrogen-bond acceptors (Lipinski definition) is 5. The number of ether oxygens (including phenoxy) is 1. The van der Waals surface area contributed by atoms with E-state index < -0.39 is 0 Å². The van der Waals surface area contributed by atoms with Gasteiger partial charge in [0.15, 0.2) is 0 Å². The zero-order valence-corrected chi connectivity index (χ0v) is 35.8. The minimum Gasteiger partial charge on any atom is -0.509 e. The summed E-state index contributed by atoms with van der Waals surface area (Å²) in [5.41, 5.74) is 8.91. The SMILES string of the molecule is CC(C)(C)c1cc(N2[CH-]N(c3[c-]c(Oc4[c-]c5c(cc4)c4ccc6sc7ccccc7c6c4n5-c4ccccn4)ccc3)c3ccccc32)cc(C(C)(C)C)c1.[Pt]. The van der Waals surface area contributed by atoms with Crippen LogP contribution in [0.3, 0.4) is 0 Å². The van der Waals surface area contributed by atoms with E-state index in [2.05, 4.69) is 172 Å². The van der Waals surface area contributed by atoms with Crippen molar-refractivity contribution >= 4 is 76.1 Å². The first-order chi connectivity index (χ1) is 27.0. The van der Waals surface area contributed by atoms with E-state index in [9.17, 15) is 0 Å². The number of rotatable bonds is 5. The number of fused-ring (bicyclic) bond motifs is 8. The number of benzene rings is 6. The van der Waals surface area contributed by atoms with Gasteiger partial charge >= 0.3 is 0 Å². The van der Waals surface area contributed by atoms with Gasteiger partial charge in [0.25, 0.3) is 0 Å². The molecule has 0 aliphatic carbocycles. The van der Waals surface area contributed by atoms with Crippen LogP contribution in [-0.4, -0.2) is 9.55 Å². The summed E-state index contributed by atoms with van der Waals surface area (Å²) < 4.78 is 11.4. The Labute approximate surface area is 352 Å². The molecule has 286 valence electrons. The van der Waals surface area contributed by atoms with Crippen LogP contribution in [0.1, 0.15) is 52.7 Å². The molecule has 4 heterocycles. The van der Waals surface area contributed by atoms with Crippen LogP contribution in [0.5, 0.6) is 11.5 Å². The third-order valence-electron chi connectivity index (χ3n) is 10.8. The minimum atomic E-state index is 0. The first-order valence-electron chi connectivity index (χ1n) is 19.1. The Morgan fingerprint density at radius 2 is 1.30 bits per heavy atom. The monoisotopic (exact) mass is 940 g/mol. The zero-order chi connectivity index (χ0) is 38.3. The molecule has 0 unspecified atom stereocenters. The predicted molar refractivity (Wildman–Crippen MR) is 235 cm³/mol. The molecule has 0 spiro atoms. The van der Waals surface area contributed by atoms with Crippen molar-refractivity contribution in [1.29, 1.82) is 0 Å². The Bertz CT molecular complexity index is 2940. The normalized spacial score (nSPS) is 13.2. The van der Waals surface area contributed by atoms with E-state index >= 15 is 0 Å². The number of anilines is 4. The molecular formula is C50H41N4OPtS-3. The van der Waals surface area contributed by atoms with Crippen molar-refractivity contribution in [2.24, 2.45) is 0 Å². The Balaban J connectivity index is 0.00000422. The summed E-state index contributed by atoms with van der Waals surface area (Å²) in [6.45, 7) is 15.9. The fourth-order valence-electron chi connectivity index (χ4n) is 7.87. The average molecular weight is 941 g/mol. The van der Waals surface area contributed by atoms with Crippen molar-refractivity contribution in [3.63, 3.8) is 0 Å². The van der Waals surface area contributed by atoms with Gasteiger partial charge in [0.1, 0.15) is 5.82 Å². The van der Waals surface area contributed by atoms with Gasteiger partial charge in [-0.15, -0.1) is 59.4 Å². The molecule has 0 N–H and O–H groups in total. The maximum atomic E-state index is 6.63. The second kappa shape index (κ2) is 13.9. The van der Waals surface area contributed by atoms with Gasteiger partial charge in [-0.1, -0.05) is 95.6 Å². The summed E-state index contributed by atoms with van der Waals surface area (Å²) in [5.74, 6) is 2.06. The smallest absolute Gasteiger partial charge is 0.135 e. The molecule has 7 heteroatoms. The van der Waals surface area contributed by atoms with Crippen LogP contribution in [0.15, 0.2) is 134 Å². The molecule has 0 saturated carbocycles. The van der Waals surface area contributed by atoms with E-state index in [-0.39, 0.29) is 31.9 Å². The van der Waals surface area contributed by atoms with Gasteiger partial charge in [-0.25, -0.2) is 4.98 Å². The van der Waals surface area contributed by atoms with Gasteiger partial charge in [-0.05, 0) is 75.9 Å². The summed E-state index contributed by atoms with van der Waals surface area (Å²) in [5, 5.41) is 4.74. The molecule has 0 radical (unpaired) electrons. The largest absolute Gasteiger partial charge is 0.509 e. The average Bonchev–Trinajstić information content (AvgIpc) is 3.87. The van der Waals surface area contributed by atoms with Crippen molar-refractivity contribution in [2.45, 2.75) is 52.4 Å². The Kier molecular flexibility index (Phi) is 9.06. The molecular weight excluding hydrogens is 900 g/mol. The number of hydrogen-bond donors (Lipinski definition) is 0. The molecule has 10 rings (SSSR count). The molecule has 0 amide bonds. The summed E-state index contributed by atoms with van der Waals surface area (Å²) in [4.78, 5) is 9.33. The number of para-hydroxylation sites is 2. The molecule has 3 aromatic heterocycles. The minimum absolute atomic E-state index is 0. The van der Waals surface area contributed by atoms with Crippen LogP contribution in [0.4, 0.5) is 22.7 Å². The Morgan fingerprint density at radius 3 is 2.04 bits per heavy atom. The maximum absolute atomic E-state index is 6.63. The molecule has 5 nitrogen and oxygen atoms in total. The van der Waals surface area contributed by atoms with Crippen LogP contribution in [0.25, 0.3) is 47.8 Å². The quantitative estimate of drug-likeness (QED) is 0.161. The molecule has 6 aromatic carbocycles. The van der Waals surface area contributed by atoms with Crippen LogP contribution < -0.4 is 14.5 Å². The van der Waals surface area contributed by atoms with Crippen LogP contribution in [0.2, 0.25) is 0 Å². The summed E-state index contributed by atoms with van der Waals surface area (Å²) in [6, 6.07) is 52.2. The second-order valence-electron chi connectivity index (χ2n) is 16.7. The molecule has 9 aromatic rings. The van der Waals surface area contributed by atoms with Gasteiger partial charge in [0.05, 0.1) is 5.52 Å². The molecule has 1 aliphatic rings. The van der Waals surface area contributed by atoms with E-state index in [1.54, 1.807) is 0 Å². The first kappa shape index (κ1) is 37.2. The van der Waals surface area contributed by atoms with Crippen LogP contribution >= 0.6 is 11.3 Å². The van der Waals surface area contributed by atoms with Crippen molar-refractivity contribution in [2.75, 3.05) is 9.80 Å². The maximum Gasteiger partial charge on any atom is 0.135 e. The number of thiophene rings is 1. The van der Waals surface area contributed by atoms with Gasteiger partial charge in [0, 0.05) is 76.0 Å². The molecule has 0 saturated heterocycles.